The van der Waals surface area contributed by atoms with Gasteiger partial charge in [-0.1, -0.05) is 30.3 Å². The topological polar surface area (TPSA) is 97.4 Å². The molecule has 0 aliphatic carbocycles. The van der Waals surface area contributed by atoms with Gasteiger partial charge in [-0.05, 0) is 43.4 Å². The van der Waals surface area contributed by atoms with Crippen molar-refractivity contribution in [1.29, 1.82) is 0 Å². The van der Waals surface area contributed by atoms with Gasteiger partial charge < -0.3 is 19.2 Å². The first-order valence-electron chi connectivity index (χ1n) is 10.8. The Kier molecular flexibility index (Phi) is 6.20. The lowest BCUT2D eigenvalue weighted by Gasteiger charge is -2.30. The second kappa shape index (κ2) is 9.21. The number of carbonyl (C=O) groups excluding carboxylic acids is 2. The molecule has 3 aromatic rings. The van der Waals surface area contributed by atoms with Crippen molar-refractivity contribution in [2.75, 3.05) is 13.1 Å². The quantitative estimate of drug-likeness (QED) is 0.642. The predicted molar refractivity (Wildman–Crippen MR) is 119 cm³/mol. The minimum absolute atomic E-state index is 0.181. The number of carbonyl (C=O) groups is 2. The number of pyridine rings is 1. The molecule has 1 N–H and O–H groups in total. The first-order valence-corrected chi connectivity index (χ1v) is 10.8. The summed E-state index contributed by atoms with van der Waals surface area (Å²) in [5.74, 6) is -0.393. The van der Waals surface area contributed by atoms with Gasteiger partial charge in [-0.15, -0.1) is 0 Å². The minimum atomic E-state index is -0.367. The maximum Gasteiger partial charge on any atom is 0.291 e. The number of hydrogen-bond acceptors (Lipinski definition) is 5. The van der Waals surface area contributed by atoms with Crippen LogP contribution in [0.5, 0.6) is 0 Å². The number of rotatable bonds is 6. The Morgan fingerprint density at radius 1 is 1.22 bits per heavy atom. The third-order valence-electron chi connectivity index (χ3n) is 5.74. The number of nitrogens with one attached hydrogen (secondary N) is 1. The monoisotopic (exact) mass is 434 g/mol. The largest absolute Gasteiger partial charge is 0.438 e. The van der Waals surface area contributed by atoms with Gasteiger partial charge in [0.2, 0.25) is 5.76 Å². The third-order valence-corrected chi connectivity index (χ3v) is 5.74. The maximum atomic E-state index is 13.2. The number of hydrogen-bond donors (Lipinski definition) is 1. The van der Waals surface area contributed by atoms with Gasteiger partial charge in [0.15, 0.2) is 6.39 Å². The van der Waals surface area contributed by atoms with Crippen LogP contribution >= 0.6 is 0 Å². The average Bonchev–Trinajstić information content (AvgIpc) is 3.23. The zero-order valence-electron chi connectivity index (χ0n) is 18.3. The highest BCUT2D eigenvalue weighted by Gasteiger charge is 2.30. The van der Waals surface area contributed by atoms with Crippen molar-refractivity contribution in [3.8, 4) is 0 Å². The van der Waals surface area contributed by atoms with Gasteiger partial charge >= 0.3 is 0 Å². The predicted octanol–water partition coefficient (Wildman–Crippen LogP) is 2.34. The minimum Gasteiger partial charge on any atom is -0.438 e. The number of benzene rings is 1. The molecule has 8 heteroatoms. The summed E-state index contributed by atoms with van der Waals surface area (Å²) < 4.78 is 6.86. The zero-order chi connectivity index (χ0) is 22.7. The smallest absolute Gasteiger partial charge is 0.291 e. The second-order valence-electron chi connectivity index (χ2n) is 7.85. The summed E-state index contributed by atoms with van der Waals surface area (Å²) in [4.78, 5) is 44.6. The van der Waals surface area contributed by atoms with Crippen LogP contribution in [-0.4, -0.2) is 39.4 Å². The average molecular weight is 434 g/mol. The van der Waals surface area contributed by atoms with E-state index in [2.05, 4.69) is 10.3 Å². The number of aromatic nitrogens is 2. The molecule has 0 saturated carbocycles. The SMILES string of the molecule is CCNC(=O)c1c2c(cn(CCc3ccccc3)c1=O)CN(C(=O)c1ocnc1C)CC2. The number of fused-ring (bicyclic) bond motifs is 1. The van der Waals surface area contributed by atoms with Crippen molar-refractivity contribution < 1.29 is 14.0 Å². The third kappa shape index (κ3) is 4.21. The Bertz CT molecular complexity index is 1200. The lowest BCUT2D eigenvalue weighted by atomic mass is 9.95. The van der Waals surface area contributed by atoms with Gasteiger partial charge in [0.05, 0.1) is 5.69 Å². The molecule has 0 radical (unpaired) electrons. The number of oxazole rings is 1. The summed E-state index contributed by atoms with van der Waals surface area (Å²) >= 11 is 0. The molecule has 0 spiro atoms. The molecule has 0 saturated heterocycles. The Hall–Kier alpha value is -3.68. The molecular formula is C24H26N4O4. The number of aryl methyl sites for hydroxylation is 3. The van der Waals surface area contributed by atoms with Crippen LogP contribution in [0.3, 0.4) is 0 Å². The first-order chi connectivity index (χ1) is 15.5. The highest BCUT2D eigenvalue weighted by molar-refractivity contribution is 5.96. The molecule has 0 unspecified atom stereocenters. The Labute approximate surface area is 185 Å². The molecule has 2 amide bonds. The van der Waals surface area contributed by atoms with E-state index < -0.39 is 0 Å². The van der Waals surface area contributed by atoms with Gasteiger partial charge in [0.1, 0.15) is 5.56 Å². The molecule has 1 aliphatic heterocycles. The van der Waals surface area contributed by atoms with Crippen LogP contribution in [0.15, 0.2) is 52.1 Å². The molecule has 32 heavy (non-hydrogen) atoms. The fourth-order valence-corrected chi connectivity index (χ4v) is 4.08. The number of amides is 2. The van der Waals surface area contributed by atoms with Crippen molar-refractivity contribution in [2.45, 2.75) is 39.8 Å². The summed E-state index contributed by atoms with van der Waals surface area (Å²) in [7, 11) is 0. The van der Waals surface area contributed by atoms with Gasteiger partial charge in [-0.25, -0.2) is 4.98 Å². The van der Waals surface area contributed by atoms with E-state index in [1.54, 1.807) is 22.6 Å². The molecule has 0 fully saturated rings. The van der Waals surface area contributed by atoms with Crippen molar-refractivity contribution in [2.24, 2.45) is 0 Å². The Balaban J connectivity index is 1.68. The van der Waals surface area contributed by atoms with Crippen LogP contribution in [0.4, 0.5) is 0 Å². The van der Waals surface area contributed by atoms with E-state index >= 15 is 0 Å². The van der Waals surface area contributed by atoms with Crippen LogP contribution in [0.2, 0.25) is 0 Å². The van der Waals surface area contributed by atoms with Crippen LogP contribution in [0.25, 0.3) is 0 Å². The lowest BCUT2D eigenvalue weighted by molar-refractivity contribution is 0.0700. The van der Waals surface area contributed by atoms with Crippen LogP contribution < -0.4 is 10.9 Å². The molecule has 1 aromatic carbocycles. The van der Waals surface area contributed by atoms with Gasteiger partial charge in [-0.3, -0.25) is 14.4 Å². The molecule has 166 valence electrons. The van der Waals surface area contributed by atoms with Crippen molar-refractivity contribution in [3.63, 3.8) is 0 Å². The van der Waals surface area contributed by atoms with E-state index in [-0.39, 0.29) is 28.7 Å². The molecule has 0 bridgehead atoms. The highest BCUT2D eigenvalue weighted by atomic mass is 16.3. The summed E-state index contributed by atoms with van der Waals surface area (Å²) in [6.45, 7) is 5.11. The molecule has 3 heterocycles. The van der Waals surface area contributed by atoms with Crippen LogP contribution in [0, 0.1) is 6.92 Å². The standard InChI is InChI=1S/C24H26N4O4/c1-3-25-22(29)20-19-10-12-28(24(31)21-16(2)26-15-32-21)14-18(19)13-27(23(20)30)11-9-17-7-5-4-6-8-17/h4-8,13,15H,3,9-12,14H2,1-2H3,(H,25,29). The molecule has 8 nitrogen and oxygen atoms in total. The van der Waals surface area contributed by atoms with E-state index in [0.717, 1.165) is 16.7 Å². The molecule has 4 rings (SSSR count). The second-order valence-corrected chi connectivity index (χ2v) is 7.85. The molecule has 0 atom stereocenters. The van der Waals surface area contributed by atoms with Crippen LogP contribution in [0.1, 0.15) is 50.2 Å². The van der Waals surface area contributed by atoms with Gasteiger partial charge in [-0.2, -0.15) is 0 Å². The van der Waals surface area contributed by atoms with Crippen LogP contribution in [-0.2, 0) is 25.9 Å². The fourth-order valence-electron chi connectivity index (χ4n) is 4.08. The summed E-state index contributed by atoms with van der Waals surface area (Å²) in [6.07, 6.45) is 4.13. The maximum absolute atomic E-state index is 13.2. The van der Waals surface area contributed by atoms with E-state index in [9.17, 15) is 14.4 Å². The first kappa shape index (κ1) is 21.5. The summed E-state index contributed by atoms with van der Waals surface area (Å²) in [6, 6.07) is 9.88. The summed E-state index contributed by atoms with van der Waals surface area (Å²) in [5, 5.41) is 2.76. The molecular weight excluding hydrogens is 408 g/mol. The van der Waals surface area contributed by atoms with Crippen molar-refractivity contribution in [3.05, 3.63) is 87.0 Å². The molecule has 1 aliphatic rings. The van der Waals surface area contributed by atoms with Gasteiger partial charge in [0.25, 0.3) is 17.4 Å². The fraction of sp³-hybridized carbons (Fsp3) is 0.333. The van der Waals surface area contributed by atoms with Gasteiger partial charge in [0, 0.05) is 32.4 Å². The Morgan fingerprint density at radius 3 is 2.69 bits per heavy atom. The number of nitrogens with zero attached hydrogens (tertiary/aromatic N) is 3. The normalized spacial score (nSPS) is 13.0. The van der Waals surface area contributed by atoms with E-state index in [1.807, 2.05) is 37.3 Å². The Morgan fingerprint density at radius 2 is 2.00 bits per heavy atom. The van der Waals surface area contributed by atoms with E-state index in [4.69, 9.17) is 4.42 Å². The molecule has 2 aromatic heterocycles. The van der Waals surface area contributed by atoms with E-state index in [0.29, 0.717) is 44.7 Å². The van der Waals surface area contributed by atoms with E-state index in [1.165, 1.54) is 6.39 Å². The zero-order valence-corrected chi connectivity index (χ0v) is 18.3. The highest BCUT2D eigenvalue weighted by Crippen LogP contribution is 2.23. The summed E-state index contributed by atoms with van der Waals surface area (Å²) in [5.41, 5.74) is 3.05. The van der Waals surface area contributed by atoms with Crippen molar-refractivity contribution >= 4 is 11.8 Å². The van der Waals surface area contributed by atoms with Crippen molar-refractivity contribution in [1.82, 2.24) is 19.8 Å². The lowest BCUT2D eigenvalue weighted by Crippen LogP contribution is -2.41.